The van der Waals surface area contributed by atoms with Crippen LogP contribution in [-0.4, -0.2) is 73.9 Å². The number of aryl methyl sites for hydroxylation is 1. The van der Waals surface area contributed by atoms with Gasteiger partial charge in [-0.15, -0.1) is 0 Å². The minimum atomic E-state index is -3.57. The molecule has 1 saturated heterocycles. The first kappa shape index (κ1) is 38.4. The molecule has 2 aromatic rings. The predicted octanol–water partition coefficient (Wildman–Crippen LogP) is 5.76. The predicted molar refractivity (Wildman–Crippen MR) is 184 cm³/mol. The lowest BCUT2D eigenvalue weighted by Gasteiger charge is -2.25. The highest BCUT2D eigenvalue weighted by Gasteiger charge is 2.31. The first-order valence-electron chi connectivity index (χ1n) is 16.8. The number of benzene rings is 2. The van der Waals surface area contributed by atoms with Gasteiger partial charge in [0.15, 0.2) is 0 Å². The number of allylic oxidation sites excluding steroid dienone is 1. The summed E-state index contributed by atoms with van der Waals surface area (Å²) < 4.78 is 36.8. The normalized spacial score (nSPS) is 17.6. The van der Waals surface area contributed by atoms with Crippen LogP contribution in [0.1, 0.15) is 70.9 Å². The molecule has 3 rings (SSSR count). The number of aliphatic hydroxyl groups excluding tert-OH is 1. The van der Waals surface area contributed by atoms with Crippen LogP contribution in [0.4, 0.5) is 0 Å². The van der Waals surface area contributed by atoms with Gasteiger partial charge in [0.25, 0.3) is 0 Å². The Morgan fingerprint density at radius 3 is 2.43 bits per heavy atom. The molecule has 1 heterocycles. The number of esters is 2. The Morgan fingerprint density at radius 1 is 1.06 bits per heavy atom. The Hall–Kier alpha value is -3.01. The van der Waals surface area contributed by atoms with Crippen LogP contribution in [-0.2, 0) is 41.2 Å². The van der Waals surface area contributed by atoms with Crippen LogP contribution in [0.2, 0.25) is 0 Å². The van der Waals surface area contributed by atoms with Gasteiger partial charge in [0.1, 0.15) is 30.0 Å². The van der Waals surface area contributed by atoms with Gasteiger partial charge in [-0.2, -0.15) is 0 Å². The first-order chi connectivity index (χ1) is 22.6. The molecule has 3 N–H and O–H groups in total. The highest BCUT2D eigenvalue weighted by atomic mass is 31.2. The van der Waals surface area contributed by atoms with Crippen molar-refractivity contribution in [2.45, 2.75) is 96.9 Å². The largest absolute Gasteiger partial charge is 0.461 e. The van der Waals surface area contributed by atoms with E-state index in [0.717, 1.165) is 24.0 Å². The molecular weight excluding hydrogens is 619 g/mol. The molecule has 1 aliphatic rings. The average molecular weight is 673 g/mol. The first-order valence-corrected chi connectivity index (χ1v) is 18.6. The lowest BCUT2D eigenvalue weighted by molar-refractivity contribution is -0.152. The fourth-order valence-corrected chi connectivity index (χ4v) is 7.05. The van der Waals surface area contributed by atoms with E-state index in [9.17, 15) is 19.3 Å². The monoisotopic (exact) mass is 672 g/mol. The smallest absolute Gasteiger partial charge is 0.323 e. The molecule has 0 amide bonds. The summed E-state index contributed by atoms with van der Waals surface area (Å²) in [5.41, 5.74) is 2.88. The molecule has 0 radical (unpaired) electrons. The lowest BCUT2D eigenvalue weighted by atomic mass is 10.0. The molecule has 0 aliphatic carbocycles. The summed E-state index contributed by atoms with van der Waals surface area (Å²) in [6.07, 6.45) is 6.09. The zero-order valence-corrected chi connectivity index (χ0v) is 29.2. The lowest BCUT2D eigenvalue weighted by Crippen LogP contribution is -2.42. The third kappa shape index (κ3) is 13.9. The van der Waals surface area contributed by atoms with Gasteiger partial charge >= 0.3 is 19.5 Å². The minimum absolute atomic E-state index is 0.0942. The highest BCUT2D eigenvalue weighted by molar-refractivity contribution is 7.57. The molecule has 0 aromatic heterocycles. The number of nitrogens with one attached hydrogen (secondary N) is 2. The second-order valence-electron chi connectivity index (χ2n) is 12.1. The van der Waals surface area contributed by atoms with Crippen LogP contribution in [0.15, 0.2) is 66.2 Å². The maximum Gasteiger partial charge on any atom is 0.323 e. The second kappa shape index (κ2) is 20.4. The van der Waals surface area contributed by atoms with E-state index in [1.165, 1.54) is 5.56 Å². The van der Waals surface area contributed by atoms with Gasteiger partial charge < -0.3 is 29.2 Å². The molecule has 47 heavy (non-hydrogen) atoms. The summed E-state index contributed by atoms with van der Waals surface area (Å²) in [5, 5.41) is 15.7. The SMILES string of the molecule is CCC(CC)OC(=O)[C@H](C)NP(=O)(CC/C=C(\C)CO)Oc1ccc(C[C@H](NCCCc2ccccc2)C(=O)O[C@H]2CCOC2)cc1. The van der Waals surface area contributed by atoms with Crippen molar-refractivity contribution in [1.82, 2.24) is 10.4 Å². The second-order valence-corrected chi connectivity index (χ2v) is 14.3. The molecule has 10 nitrogen and oxygen atoms in total. The van der Waals surface area contributed by atoms with Crippen molar-refractivity contribution >= 4 is 19.5 Å². The zero-order valence-electron chi connectivity index (χ0n) is 28.3. The van der Waals surface area contributed by atoms with E-state index in [1.54, 1.807) is 32.1 Å². The van der Waals surface area contributed by atoms with E-state index >= 15 is 0 Å². The molecule has 1 unspecified atom stereocenters. The van der Waals surface area contributed by atoms with Gasteiger partial charge in [-0.25, -0.2) is 5.09 Å². The number of carbonyl (C=O) groups excluding carboxylic acids is 2. The Labute approximate surface area is 280 Å². The Kier molecular flexibility index (Phi) is 16.7. The third-order valence-corrected chi connectivity index (χ3v) is 10.2. The number of hydrogen-bond acceptors (Lipinski definition) is 9. The van der Waals surface area contributed by atoms with Crippen molar-refractivity contribution in [3.63, 3.8) is 0 Å². The number of carbonyl (C=O) groups is 2. The van der Waals surface area contributed by atoms with Crippen LogP contribution in [0, 0.1) is 0 Å². The molecule has 11 heteroatoms. The summed E-state index contributed by atoms with van der Waals surface area (Å²) in [7, 11) is -3.57. The molecule has 2 aromatic carbocycles. The summed E-state index contributed by atoms with van der Waals surface area (Å²) in [5.74, 6) is -0.431. The summed E-state index contributed by atoms with van der Waals surface area (Å²) in [6, 6.07) is 15.9. The maximum atomic E-state index is 14.0. The third-order valence-electron chi connectivity index (χ3n) is 8.05. The van der Waals surface area contributed by atoms with Gasteiger partial charge in [0.2, 0.25) is 0 Å². The van der Waals surface area contributed by atoms with E-state index in [2.05, 4.69) is 22.5 Å². The van der Waals surface area contributed by atoms with Gasteiger partial charge in [-0.3, -0.25) is 14.2 Å². The summed E-state index contributed by atoms with van der Waals surface area (Å²) >= 11 is 0. The van der Waals surface area contributed by atoms with Crippen molar-refractivity contribution in [2.24, 2.45) is 0 Å². The topological polar surface area (TPSA) is 132 Å². The molecule has 0 saturated carbocycles. The standard InChI is InChI=1S/C36H53N2O8P/c1-5-31(6-2)44-35(40)28(4)38-47(42,23-11-12-27(3)25-39)46-32-18-16-30(17-19-32)24-34(36(41)45-33-20-22-43-26-33)37-21-10-15-29-13-8-7-9-14-29/h7-9,12-14,16-19,28,31,33-34,37,39H,5-6,10-11,15,20-26H2,1-4H3,(H,38,42)/b27-12+/t28-,33-,34-,47?/m0/s1. The number of rotatable bonds is 21. The summed E-state index contributed by atoms with van der Waals surface area (Å²) in [4.78, 5) is 25.9. The Bertz CT molecular complexity index is 1290. The Morgan fingerprint density at radius 2 is 1.79 bits per heavy atom. The van der Waals surface area contributed by atoms with E-state index in [-0.39, 0.29) is 30.9 Å². The molecule has 4 atom stereocenters. The fourth-order valence-electron chi connectivity index (χ4n) is 5.15. The molecule has 1 aliphatic heterocycles. The van der Waals surface area contributed by atoms with Crippen LogP contribution >= 0.6 is 7.52 Å². The summed E-state index contributed by atoms with van der Waals surface area (Å²) in [6.45, 7) is 8.85. The van der Waals surface area contributed by atoms with Crippen molar-refractivity contribution in [1.29, 1.82) is 0 Å². The molecule has 0 spiro atoms. The van der Waals surface area contributed by atoms with Crippen molar-refractivity contribution in [3.05, 3.63) is 77.4 Å². The number of aliphatic hydroxyl groups is 1. The van der Waals surface area contributed by atoms with E-state index in [1.807, 2.05) is 44.2 Å². The van der Waals surface area contributed by atoms with Gasteiger partial charge in [0.05, 0.1) is 26.0 Å². The van der Waals surface area contributed by atoms with Gasteiger partial charge in [-0.05, 0) is 82.2 Å². The van der Waals surface area contributed by atoms with E-state index in [4.69, 9.17) is 18.7 Å². The molecule has 1 fully saturated rings. The molecular formula is C36H53N2O8P. The van der Waals surface area contributed by atoms with Crippen molar-refractivity contribution < 1.29 is 38.0 Å². The van der Waals surface area contributed by atoms with Gasteiger partial charge in [0, 0.05) is 6.42 Å². The number of ether oxygens (including phenoxy) is 3. The van der Waals surface area contributed by atoms with Crippen LogP contribution in [0.25, 0.3) is 0 Å². The van der Waals surface area contributed by atoms with Crippen LogP contribution < -0.4 is 14.9 Å². The van der Waals surface area contributed by atoms with E-state index < -0.39 is 25.6 Å². The average Bonchev–Trinajstić information content (AvgIpc) is 3.59. The number of hydrogen-bond donors (Lipinski definition) is 3. The zero-order chi connectivity index (χ0) is 34.1. The minimum Gasteiger partial charge on any atom is -0.461 e. The quantitative estimate of drug-likeness (QED) is 0.0651. The van der Waals surface area contributed by atoms with Crippen LogP contribution in [0.5, 0.6) is 5.75 Å². The van der Waals surface area contributed by atoms with Crippen molar-refractivity contribution in [2.75, 3.05) is 32.5 Å². The molecule has 0 bridgehead atoms. The molecule has 260 valence electrons. The van der Waals surface area contributed by atoms with E-state index in [0.29, 0.717) is 57.6 Å². The van der Waals surface area contributed by atoms with Gasteiger partial charge in [-0.1, -0.05) is 68.0 Å². The van der Waals surface area contributed by atoms with Crippen molar-refractivity contribution in [3.8, 4) is 5.75 Å². The fraction of sp³-hybridized carbons (Fsp3) is 0.556. The Balaban J connectivity index is 1.67. The maximum absolute atomic E-state index is 14.0. The highest BCUT2D eigenvalue weighted by Crippen LogP contribution is 2.44. The van der Waals surface area contributed by atoms with Crippen LogP contribution in [0.3, 0.4) is 0 Å².